The number of anilines is 1. The molecule has 2 aromatic rings. The number of nitrogens with zero attached hydrogens (tertiary/aromatic N) is 1. The lowest BCUT2D eigenvalue weighted by Crippen LogP contribution is -2.42. The van der Waals surface area contributed by atoms with Gasteiger partial charge in [0.25, 0.3) is 5.91 Å². The Labute approximate surface area is 125 Å². The van der Waals surface area contributed by atoms with Crippen molar-refractivity contribution >= 4 is 11.6 Å². The molecule has 0 saturated heterocycles. The number of para-hydroxylation sites is 1. The van der Waals surface area contributed by atoms with Crippen LogP contribution in [-0.2, 0) is 13.0 Å². The topological polar surface area (TPSA) is 46.3 Å². The summed E-state index contributed by atoms with van der Waals surface area (Å²) >= 11 is 0. The van der Waals surface area contributed by atoms with Crippen LogP contribution in [-0.4, -0.2) is 11.9 Å². The van der Waals surface area contributed by atoms with E-state index in [1.165, 1.54) is 5.56 Å². The van der Waals surface area contributed by atoms with Gasteiger partial charge in [0, 0.05) is 23.8 Å². The Kier molecular flexibility index (Phi) is 3.76. The van der Waals surface area contributed by atoms with Gasteiger partial charge in [0.1, 0.15) is 0 Å². The molecular weight excluding hydrogens is 260 g/mol. The van der Waals surface area contributed by atoms with Crippen LogP contribution in [0.2, 0.25) is 0 Å². The summed E-state index contributed by atoms with van der Waals surface area (Å²) < 4.78 is 0. The second-order valence-corrected chi connectivity index (χ2v) is 5.60. The summed E-state index contributed by atoms with van der Waals surface area (Å²) in [4.78, 5) is 14.9. The van der Waals surface area contributed by atoms with Crippen molar-refractivity contribution in [2.45, 2.75) is 32.4 Å². The zero-order valence-electron chi connectivity index (χ0n) is 12.3. The second kappa shape index (κ2) is 5.70. The monoisotopic (exact) mass is 280 g/mol. The summed E-state index contributed by atoms with van der Waals surface area (Å²) in [6.45, 7) is 2.56. The van der Waals surface area contributed by atoms with E-state index in [1.807, 2.05) is 47.4 Å². The quantitative estimate of drug-likeness (QED) is 0.918. The number of amides is 1. The Morgan fingerprint density at radius 1 is 1.24 bits per heavy atom. The molecule has 108 valence electrons. The number of hydrogen-bond acceptors (Lipinski definition) is 2. The Balaban J connectivity index is 2.00. The van der Waals surface area contributed by atoms with Crippen LogP contribution in [0.4, 0.5) is 5.69 Å². The average Bonchev–Trinajstić information content (AvgIpc) is 2.54. The summed E-state index contributed by atoms with van der Waals surface area (Å²) in [6, 6.07) is 16.0. The molecule has 1 amide bonds. The molecule has 0 aliphatic carbocycles. The van der Waals surface area contributed by atoms with Gasteiger partial charge in [-0.25, -0.2) is 0 Å². The lowest BCUT2D eigenvalue weighted by molar-refractivity contribution is 0.0975. The van der Waals surface area contributed by atoms with E-state index in [0.717, 1.165) is 24.1 Å². The molecule has 0 bridgehead atoms. The van der Waals surface area contributed by atoms with Crippen molar-refractivity contribution in [3.8, 4) is 0 Å². The molecule has 3 nitrogen and oxygen atoms in total. The predicted octanol–water partition coefficient (Wildman–Crippen LogP) is 3.13. The van der Waals surface area contributed by atoms with Crippen LogP contribution >= 0.6 is 0 Å². The minimum absolute atomic E-state index is 0.0601. The Hall–Kier alpha value is -2.13. The van der Waals surface area contributed by atoms with Crippen LogP contribution in [0.5, 0.6) is 0 Å². The van der Waals surface area contributed by atoms with Crippen molar-refractivity contribution in [2.75, 3.05) is 4.90 Å². The normalized spacial score (nSPS) is 17.4. The second-order valence-electron chi connectivity index (χ2n) is 5.60. The molecule has 0 fully saturated rings. The van der Waals surface area contributed by atoms with E-state index in [-0.39, 0.29) is 11.9 Å². The first-order chi connectivity index (χ1) is 10.2. The fraction of sp³-hybridized carbons (Fsp3) is 0.278. The van der Waals surface area contributed by atoms with E-state index in [0.29, 0.717) is 12.1 Å². The minimum atomic E-state index is 0.0601. The average molecular weight is 280 g/mol. The van der Waals surface area contributed by atoms with Crippen molar-refractivity contribution in [1.82, 2.24) is 0 Å². The zero-order chi connectivity index (χ0) is 14.8. The zero-order valence-corrected chi connectivity index (χ0v) is 12.3. The van der Waals surface area contributed by atoms with Gasteiger partial charge in [0.2, 0.25) is 0 Å². The number of carbonyl (C=O) groups excluding carboxylic acids is 1. The molecule has 0 spiro atoms. The molecule has 0 radical (unpaired) electrons. The standard InChI is InChI=1S/C18H20N2O/c1-13-9-10-15-6-2-3-8-17(15)20(13)18(21)16-7-4-5-14(11-16)12-19/h2-8,11,13H,9-10,12,19H2,1H3. The SMILES string of the molecule is CC1CCc2ccccc2N1C(=O)c1cccc(CN)c1. The molecule has 1 aliphatic rings. The van der Waals surface area contributed by atoms with Gasteiger partial charge in [-0.3, -0.25) is 4.79 Å². The molecule has 0 aromatic heterocycles. The number of carbonyl (C=O) groups is 1. The molecule has 1 aliphatic heterocycles. The number of hydrogen-bond donors (Lipinski definition) is 1. The maximum Gasteiger partial charge on any atom is 0.258 e. The number of nitrogens with two attached hydrogens (primary N) is 1. The van der Waals surface area contributed by atoms with Gasteiger partial charge in [0.05, 0.1) is 0 Å². The van der Waals surface area contributed by atoms with Crippen LogP contribution in [0.15, 0.2) is 48.5 Å². The van der Waals surface area contributed by atoms with Crippen LogP contribution in [0.1, 0.15) is 34.8 Å². The molecular formula is C18H20N2O. The minimum Gasteiger partial charge on any atom is -0.326 e. The van der Waals surface area contributed by atoms with Gasteiger partial charge in [-0.2, -0.15) is 0 Å². The third-order valence-corrected chi connectivity index (χ3v) is 4.15. The molecule has 3 heteroatoms. The van der Waals surface area contributed by atoms with Crippen molar-refractivity contribution in [2.24, 2.45) is 5.73 Å². The highest BCUT2D eigenvalue weighted by molar-refractivity contribution is 6.07. The Morgan fingerprint density at radius 3 is 2.86 bits per heavy atom. The molecule has 2 N–H and O–H groups in total. The first-order valence-corrected chi connectivity index (χ1v) is 7.41. The largest absolute Gasteiger partial charge is 0.326 e. The molecule has 21 heavy (non-hydrogen) atoms. The fourth-order valence-corrected chi connectivity index (χ4v) is 2.97. The van der Waals surface area contributed by atoms with E-state index in [9.17, 15) is 4.79 Å². The summed E-state index contributed by atoms with van der Waals surface area (Å²) in [5.74, 6) is 0.0601. The van der Waals surface area contributed by atoms with Gasteiger partial charge in [-0.15, -0.1) is 0 Å². The van der Waals surface area contributed by atoms with Gasteiger partial charge in [-0.1, -0.05) is 30.3 Å². The third-order valence-electron chi connectivity index (χ3n) is 4.15. The highest BCUT2D eigenvalue weighted by atomic mass is 16.2. The van der Waals surface area contributed by atoms with E-state index in [1.54, 1.807) is 0 Å². The summed E-state index contributed by atoms with van der Waals surface area (Å²) in [5.41, 5.74) is 9.66. The van der Waals surface area contributed by atoms with Crippen molar-refractivity contribution < 1.29 is 4.79 Å². The molecule has 3 rings (SSSR count). The predicted molar refractivity (Wildman–Crippen MR) is 85.4 cm³/mol. The van der Waals surface area contributed by atoms with Gasteiger partial charge < -0.3 is 10.6 Å². The Morgan fingerprint density at radius 2 is 2.05 bits per heavy atom. The molecule has 1 unspecified atom stereocenters. The van der Waals surface area contributed by atoms with Crippen LogP contribution in [0.25, 0.3) is 0 Å². The number of fused-ring (bicyclic) bond motifs is 1. The fourth-order valence-electron chi connectivity index (χ4n) is 2.97. The van der Waals surface area contributed by atoms with Gasteiger partial charge in [-0.05, 0) is 49.1 Å². The van der Waals surface area contributed by atoms with Crippen molar-refractivity contribution in [1.29, 1.82) is 0 Å². The van der Waals surface area contributed by atoms with Gasteiger partial charge >= 0.3 is 0 Å². The molecule has 1 heterocycles. The number of aryl methyl sites for hydroxylation is 1. The highest BCUT2D eigenvalue weighted by Gasteiger charge is 2.28. The first-order valence-electron chi connectivity index (χ1n) is 7.41. The van der Waals surface area contributed by atoms with Crippen molar-refractivity contribution in [3.63, 3.8) is 0 Å². The first kappa shape index (κ1) is 13.8. The molecule has 1 atom stereocenters. The highest BCUT2D eigenvalue weighted by Crippen LogP contribution is 2.31. The van der Waals surface area contributed by atoms with E-state index >= 15 is 0 Å². The summed E-state index contributed by atoms with van der Waals surface area (Å²) in [5, 5.41) is 0. The summed E-state index contributed by atoms with van der Waals surface area (Å²) in [6.07, 6.45) is 2.03. The molecule has 0 saturated carbocycles. The van der Waals surface area contributed by atoms with E-state index < -0.39 is 0 Å². The maximum absolute atomic E-state index is 12.9. The van der Waals surface area contributed by atoms with Crippen molar-refractivity contribution in [3.05, 3.63) is 65.2 Å². The third kappa shape index (κ3) is 2.57. The smallest absolute Gasteiger partial charge is 0.258 e. The lowest BCUT2D eigenvalue weighted by atomic mass is 9.95. The maximum atomic E-state index is 12.9. The summed E-state index contributed by atoms with van der Waals surface area (Å²) in [7, 11) is 0. The van der Waals surface area contributed by atoms with E-state index in [2.05, 4.69) is 13.0 Å². The number of benzene rings is 2. The van der Waals surface area contributed by atoms with Crippen LogP contribution in [0.3, 0.4) is 0 Å². The number of rotatable bonds is 2. The Bertz CT molecular complexity index is 666. The van der Waals surface area contributed by atoms with Crippen LogP contribution < -0.4 is 10.6 Å². The lowest BCUT2D eigenvalue weighted by Gasteiger charge is -2.35. The van der Waals surface area contributed by atoms with Gasteiger partial charge in [0.15, 0.2) is 0 Å². The van der Waals surface area contributed by atoms with E-state index in [4.69, 9.17) is 5.73 Å². The molecule has 2 aromatic carbocycles. The van der Waals surface area contributed by atoms with Crippen LogP contribution in [0, 0.1) is 0 Å².